The first-order chi connectivity index (χ1) is 5.50. The number of H-pyrrole nitrogens is 1. The number of aromatic nitrogens is 1. The molecule has 0 spiro atoms. The van der Waals surface area contributed by atoms with Crippen LogP contribution in [0.4, 0.5) is 0 Å². The van der Waals surface area contributed by atoms with E-state index in [-0.39, 0.29) is 0 Å². The van der Waals surface area contributed by atoms with Crippen LogP contribution in [0.15, 0.2) is 42.0 Å². The van der Waals surface area contributed by atoms with Crippen LogP contribution in [-0.4, -0.2) is 11.2 Å². The third-order valence-corrected chi connectivity index (χ3v) is 0.863. The molecule has 1 aliphatic rings. The number of hydrogen-bond acceptors (Lipinski definition) is 3. The second kappa shape index (κ2) is 5.10. The topological polar surface area (TPSA) is 46.6 Å². The molecule has 58 valence electrons. The van der Waals surface area contributed by atoms with Crippen molar-refractivity contribution < 1.29 is 9.88 Å². The van der Waals surface area contributed by atoms with Crippen LogP contribution in [0.1, 0.15) is 0 Å². The van der Waals surface area contributed by atoms with E-state index < -0.39 is 0 Å². The van der Waals surface area contributed by atoms with Gasteiger partial charge in [-0.1, -0.05) is 0 Å². The van der Waals surface area contributed by atoms with Gasteiger partial charge in [-0.3, -0.25) is 4.89 Å². The highest BCUT2D eigenvalue weighted by molar-refractivity contribution is 5.70. The summed E-state index contributed by atoms with van der Waals surface area (Å²) in [6.45, 7) is 0. The molecule has 4 heteroatoms. The van der Waals surface area contributed by atoms with Crippen LogP contribution in [0.2, 0.25) is 0 Å². The van der Waals surface area contributed by atoms with Crippen molar-refractivity contribution in [3.05, 3.63) is 36.9 Å². The molecule has 1 aromatic rings. The standard InChI is InChI=1S/C4H5N.C3H3NO2/c1-2-4-5-3-1;1-2-4-6-5-3-1/h1-5H;1-3H. The lowest BCUT2D eigenvalue weighted by molar-refractivity contribution is -0.251. The fraction of sp³-hybridized carbons (Fsp3) is 0. The summed E-state index contributed by atoms with van der Waals surface area (Å²) in [5, 5.41) is 3.24. The Morgan fingerprint density at radius 1 is 1.18 bits per heavy atom. The molecule has 4 nitrogen and oxygen atoms in total. The zero-order valence-corrected chi connectivity index (χ0v) is 5.81. The maximum absolute atomic E-state index is 4.19. The Balaban J connectivity index is 0.000000112. The SMILES string of the molecule is C1=COON=C1.c1cc[nH]c1. The minimum absolute atomic E-state index is 1.40. The lowest BCUT2D eigenvalue weighted by Gasteiger charge is -1.92. The fourth-order valence-corrected chi connectivity index (χ4v) is 0.455. The maximum atomic E-state index is 4.19. The first kappa shape index (κ1) is 7.40. The van der Waals surface area contributed by atoms with Crippen molar-refractivity contribution in [1.82, 2.24) is 4.98 Å². The zero-order valence-electron chi connectivity index (χ0n) is 5.81. The smallest absolute Gasteiger partial charge is 0.147 e. The Morgan fingerprint density at radius 2 is 2.00 bits per heavy atom. The predicted molar refractivity (Wildman–Crippen MR) is 40.6 cm³/mol. The van der Waals surface area contributed by atoms with Gasteiger partial charge in [-0.2, -0.15) is 4.99 Å². The third-order valence-electron chi connectivity index (χ3n) is 0.863. The Kier molecular flexibility index (Phi) is 3.43. The highest BCUT2D eigenvalue weighted by Crippen LogP contribution is 1.84. The van der Waals surface area contributed by atoms with Crippen LogP contribution >= 0.6 is 0 Å². The second-order valence-electron chi connectivity index (χ2n) is 1.64. The number of hydrogen-bond donors (Lipinski definition) is 1. The molecule has 2 heterocycles. The van der Waals surface area contributed by atoms with Gasteiger partial charge < -0.3 is 4.98 Å². The Hall–Kier alpha value is -1.71. The summed E-state index contributed by atoms with van der Waals surface area (Å²) in [5.41, 5.74) is 0. The molecule has 0 radical (unpaired) electrons. The molecule has 0 saturated heterocycles. The highest BCUT2D eigenvalue weighted by atomic mass is 17.3. The molecule has 0 aliphatic carbocycles. The summed E-state index contributed by atoms with van der Waals surface area (Å²) < 4.78 is 0. The minimum Gasteiger partial charge on any atom is -0.368 e. The van der Waals surface area contributed by atoms with Crippen LogP contribution in [0, 0.1) is 0 Å². The van der Waals surface area contributed by atoms with Crippen LogP contribution in [0.5, 0.6) is 0 Å². The fourth-order valence-electron chi connectivity index (χ4n) is 0.455. The first-order valence-electron chi connectivity index (χ1n) is 3.09. The highest BCUT2D eigenvalue weighted by Gasteiger charge is 1.77. The number of rotatable bonds is 0. The average Bonchev–Trinajstić information content (AvgIpc) is 2.64. The summed E-state index contributed by atoms with van der Waals surface area (Å²) in [6, 6.07) is 3.89. The average molecular weight is 152 g/mol. The van der Waals surface area contributed by atoms with E-state index in [9.17, 15) is 0 Å². The lowest BCUT2D eigenvalue weighted by atomic mass is 10.7. The monoisotopic (exact) mass is 152 g/mol. The Bertz CT molecular complexity index is 187. The van der Waals surface area contributed by atoms with Crippen molar-refractivity contribution in [1.29, 1.82) is 0 Å². The summed E-state index contributed by atoms with van der Waals surface area (Å²) in [4.78, 5) is 11.1. The molecule has 1 aromatic heterocycles. The quantitative estimate of drug-likeness (QED) is 0.572. The van der Waals surface area contributed by atoms with E-state index in [4.69, 9.17) is 0 Å². The van der Waals surface area contributed by atoms with Gasteiger partial charge in [0.1, 0.15) is 6.26 Å². The van der Waals surface area contributed by atoms with Crippen LogP contribution in [0.3, 0.4) is 0 Å². The van der Waals surface area contributed by atoms with Gasteiger partial charge in [-0.25, -0.2) is 0 Å². The third kappa shape index (κ3) is 3.80. The number of oxime groups is 1. The van der Waals surface area contributed by atoms with E-state index in [1.807, 2.05) is 24.5 Å². The number of aromatic amines is 1. The van der Waals surface area contributed by atoms with Gasteiger partial charge in [0.2, 0.25) is 0 Å². The summed E-state index contributed by atoms with van der Waals surface area (Å²) in [7, 11) is 0. The summed E-state index contributed by atoms with van der Waals surface area (Å²) >= 11 is 0. The number of nitrogens with one attached hydrogen (secondary N) is 1. The second-order valence-corrected chi connectivity index (χ2v) is 1.64. The molecule has 0 saturated carbocycles. The van der Waals surface area contributed by atoms with Crippen LogP contribution < -0.4 is 0 Å². The van der Waals surface area contributed by atoms with E-state index in [0.29, 0.717) is 0 Å². The van der Waals surface area contributed by atoms with Crippen molar-refractivity contribution in [3.8, 4) is 0 Å². The zero-order chi connectivity index (χ0) is 7.78. The molecule has 0 unspecified atom stereocenters. The van der Waals surface area contributed by atoms with Crippen molar-refractivity contribution in [2.24, 2.45) is 5.16 Å². The Labute approximate surface area is 64.1 Å². The lowest BCUT2D eigenvalue weighted by Crippen LogP contribution is -1.82. The van der Waals surface area contributed by atoms with E-state index in [1.54, 1.807) is 6.08 Å². The van der Waals surface area contributed by atoms with Crippen molar-refractivity contribution in [3.63, 3.8) is 0 Å². The molecule has 0 atom stereocenters. The van der Waals surface area contributed by atoms with Crippen molar-refractivity contribution in [2.75, 3.05) is 0 Å². The van der Waals surface area contributed by atoms with Crippen LogP contribution in [-0.2, 0) is 9.88 Å². The first-order valence-corrected chi connectivity index (χ1v) is 3.09. The summed E-state index contributed by atoms with van der Waals surface area (Å²) in [5.74, 6) is 0. The van der Waals surface area contributed by atoms with Gasteiger partial charge >= 0.3 is 0 Å². The van der Waals surface area contributed by atoms with Crippen LogP contribution in [0.25, 0.3) is 0 Å². The maximum Gasteiger partial charge on any atom is 0.147 e. The molecule has 11 heavy (non-hydrogen) atoms. The predicted octanol–water partition coefficient (Wildman–Crippen LogP) is 1.46. The molecule has 0 amide bonds. The van der Waals surface area contributed by atoms with Gasteiger partial charge in [-0.15, -0.1) is 0 Å². The van der Waals surface area contributed by atoms with E-state index in [2.05, 4.69) is 20.0 Å². The molecule has 0 fully saturated rings. The molecule has 0 aromatic carbocycles. The Morgan fingerprint density at radius 3 is 2.18 bits per heavy atom. The molecular formula is C7H8N2O2. The van der Waals surface area contributed by atoms with Crippen molar-refractivity contribution in [2.45, 2.75) is 0 Å². The molecule has 1 N–H and O–H groups in total. The van der Waals surface area contributed by atoms with E-state index in [1.165, 1.54) is 12.5 Å². The minimum atomic E-state index is 1.40. The molecule has 2 rings (SSSR count). The number of allylic oxidation sites excluding steroid dienone is 1. The van der Waals surface area contributed by atoms with Gasteiger partial charge in [0, 0.05) is 12.4 Å². The number of nitrogens with zero attached hydrogens (tertiary/aromatic N) is 1. The van der Waals surface area contributed by atoms with Crippen molar-refractivity contribution >= 4 is 6.21 Å². The van der Waals surface area contributed by atoms with Gasteiger partial charge in [0.15, 0.2) is 0 Å². The molecular weight excluding hydrogens is 144 g/mol. The van der Waals surface area contributed by atoms with E-state index in [0.717, 1.165) is 0 Å². The van der Waals surface area contributed by atoms with Gasteiger partial charge in [0.05, 0.1) is 6.21 Å². The summed E-state index contributed by atoms with van der Waals surface area (Å²) in [6.07, 6.45) is 8.26. The van der Waals surface area contributed by atoms with Gasteiger partial charge in [0.25, 0.3) is 0 Å². The normalized spacial score (nSPS) is 12.4. The van der Waals surface area contributed by atoms with Gasteiger partial charge in [-0.05, 0) is 23.4 Å². The van der Waals surface area contributed by atoms with E-state index >= 15 is 0 Å². The molecule has 1 aliphatic heterocycles. The molecule has 0 bridgehead atoms. The largest absolute Gasteiger partial charge is 0.368 e.